The number of amidine groups is 1. The molecule has 18 heavy (non-hydrogen) atoms. The number of hydrogen-bond acceptors (Lipinski definition) is 3. The smallest absolute Gasteiger partial charge is 0.282 e. The third kappa shape index (κ3) is 1.27. The quantitative estimate of drug-likeness (QED) is 0.755. The number of fused-ring (bicyclic) bond motifs is 1. The molecule has 1 aromatic carbocycles. The van der Waals surface area contributed by atoms with E-state index in [4.69, 9.17) is 10.5 Å². The standard InChI is InChI=1S/C15H18N2O/c16-14-17-9-15(18-14)12-5-6-13(15)8-11-4-2-1-3-10(11)7-12/h1-4,12-13H,5-9H2,(H2,16,17). The lowest BCUT2D eigenvalue weighted by Crippen LogP contribution is -2.44. The lowest BCUT2D eigenvalue weighted by atomic mass is 9.82. The van der Waals surface area contributed by atoms with Gasteiger partial charge in [0.15, 0.2) is 0 Å². The van der Waals surface area contributed by atoms with Crippen LogP contribution in [-0.4, -0.2) is 18.2 Å². The molecular weight excluding hydrogens is 224 g/mol. The highest BCUT2D eigenvalue weighted by Gasteiger charge is 2.55. The maximum Gasteiger partial charge on any atom is 0.282 e. The van der Waals surface area contributed by atoms with Crippen LogP contribution in [0.25, 0.3) is 0 Å². The third-order valence-electron chi connectivity index (χ3n) is 5.07. The van der Waals surface area contributed by atoms with Crippen molar-refractivity contribution < 1.29 is 4.74 Å². The van der Waals surface area contributed by atoms with Gasteiger partial charge in [-0.05, 0) is 36.8 Å². The summed E-state index contributed by atoms with van der Waals surface area (Å²) in [6.07, 6.45) is 4.74. The highest BCUT2D eigenvalue weighted by atomic mass is 16.5. The summed E-state index contributed by atoms with van der Waals surface area (Å²) in [6, 6.07) is 9.22. The Hall–Kier alpha value is -1.51. The first kappa shape index (κ1) is 10.4. The molecule has 1 spiro atoms. The topological polar surface area (TPSA) is 47.6 Å². The summed E-state index contributed by atoms with van der Waals surface area (Å²) in [6.45, 7) is 0.766. The first-order chi connectivity index (χ1) is 8.78. The van der Waals surface area contributed by atoms with E-state index in [-0.39, 0.29) is 5.60 Å². The zero-order chi connectivity index (χ0) is 12.2. The van der Waals surface area contributed by atoms with Crippen molar-refractivity contribution in [3.63, 3.8) is 0 Å². The van der Waals surface area contributed by atoms with E-state index >= 15 is 0 Å². The molecule has 3 nitrogen and oxygen atoms in total. The van der Waals surface area contributed by atoms with Crippen molar-refractivity contribution in [2.75, 3.05) is 6.54 Å². The molecule has 4 rings (SSSR count). The fraction of sp³-hybridized carbons (Fsp3) is 0.533. The van der Waals surface area contributed by atoms with Gasteiger partial charge in [0.25, 0.3) is 6.02 Å². The van der Waals surface area contributed by atoms with Gasteiger partial charge in [0.05, 0.1) is 6.54 Å². The fourth-order valence-corrected chi connectivity index (χ4v) is 4.15. The number of rotatable bonds is 0. The number of hydrogen-bond donors (Lipinski definition) is 1. The fourth-order valence-electron chi connectivity index (χ4n) is 4.15. The molecule has 1 aromatic rings. The number of nitrogens with two attached hydrogens (primary N) is 1. The monoisotopic (exact) mass is 242 g/mol. The minimum absolute atomic E-state index is 0.0941. The lowest BCUT2D eigenvalue weighted by molar-refractivity contribution is 0.00712. The Kier molecular flexibility index (Phi) is 2.02. The van der Waals surface area contributed by atoms with Crippen molar-refractivity contribution in [1.29, 1.82) is 0 Å². The van der Waals surface area contributed by atoms with Crippen LogP contribution in [0.5, 0.6) is 0 Å². The van der Waals surface area contributed by atoms with Gasteiger partial charge in [0, 0.05) is 11.8 Å². The van der Waals surface area contributed by atoms with Crippen molar-refractivity contribution in [1.82, 2.24) is 0 Å². The van der Waals surface area contributed by atoms with Gasteiger partial charge in [-0.2, -0.15) is 0 Å². The largest absolute Gasteiger partial charge is 0.456 e. The molecule has 1 fully saturated rings. The summed E-state index contributed by atoms with van der Waals surface area (Å²) in [4.78, 5) is 4.33. The summed E-state index contributed by atoms with van der Waals surface area (Å²) < 4.78 is 6.02. The molecular formula is C15H18N2O. The van der Waals surface area contributed by atoms with Gasteiger partial charge >= 0.3 is 0 Å². The Morgan fingerprint density at radius 1 is 1.11 bits per heavy atom. The number of aliphatic imine (C=N–C) groups is 1. The van der Waals surface area contributed by atoms with E-state index in [0.29, 0.717) is 17.9 Å². The number of benzene rings is 1. The van der Waals surface area contributed by atoms with Crippen LogP contribution in [0.15, 0.2) is 29.3 Å². The van der Waals surface area contributed by atoms with Crippen molar-refractivity contribution in [2.24, 2.45) is 22.6 Å². The van der Waals surface area contributed by atoms with Gasteiger partial charge in [0.2, 0.25) is 0 Å². The van der Waals surface area contributed by atoms with Crippen LogP contribution in [0.2, 0.25) is 0 Å². The zero-order valence-electron chi connectivity index (χ0n) is 10.4. The predicted octanol–water partition coefficient (Wildman–Crippen LogP) is 1.90. The molecule has 0 saturated heterocycles. The summed E-state index contributed by atoms with van der Waals surface area (Å²) in [5.41, 5.74) is 8.68. The van der Waals surface area contributed by atoms with Gasteiger partial charge in [-0.25, -0.2) is 4.99 Å². The minimum Gasteiger partial charge on any atom is -0.456 e. The van der Waals surface area contributed by atoms with Gasteiger partial charge in [-0.15, -0.1) is 0 Å². The number of nitrogens with zero attached hydrogens (tertiary/aromatic N) is 1. The second-order valence-corrected chi connectivity index (χ2v) is 5.86. The molecule has 0 aromatic heterocycles. The maximum atomic E-state index is 6.02. The molecule has 3 aliphatic rings. The van der Waals surface area contributed by atoms with E-state index in [0.717, 1.165) is 19.4 Å². The molecule has 2 aliphatic carbocycles. The van der Waals surface area contributed by atoms with Crippen LogP contribution in [0, 0.1) is 11.8 Å². The average Bonchev–Trinajstić information content (AvgIpc) is 2.83. The molecule has 3 heteroatoms. The van der Waals surface area contributed by atoms with Gasteiger partial charge in [-0.1, -0.05) is 24.3 Å². The molecule has 2 bridgehead atoms. The molecule has 2 unspecified atom stereocenters. The normalized spacial score (nSPS) is 37.0. The Labute approximate surface area is 107 Å². The van der Waals surface area contributed by atoms with Crippen LogP contribution < -0.4 is 5.73 Å². The van der Waals surface area contributed by atoms with Crippen LogP contribution in [-0.2, 0) is 17.6 Å². The first-order valence-electron chi connectivity index (χ1n) is 6.84. The summed E-state index contributed by atoms with van der Waals surface area (Å²) >= 11 is 0. The van der Waals surface area contributed by atoms with Crippen LogP contribution in [0.1, 0.15) is 24.0 Å². The van der Waals surface area contributed by atoms with Crippen LogP contribution in [0.4, 0.5) is 0 Å². The molecule has 94 valence electrons. The van der Waals surface area contributed by atoms with E-state index in [1.54, 1.807) is 0 Å². The Balaban J connectivity index is 1.76. The first-order valence-corrected chi connectivity index (χ1v) is 6.84. The molecule has 1 aliphatic heterocycles. The third-order valence-corrected chi connectivity index (χ3v) is 5.07. The molecule has 0 radical (unpaired) electrons. The maximum absolute atomic E-state index is 6.02. The second kappa shape index (κ2) is 3.50. The average molecular weight is 242 g/mol. The van der Waals surface area contributed by atoms with E-state index in [1.165, 1.54) is 24.0 Å². The second-order valence-electron chi connectivity index (χ2n) is 5.86. The highest BCUT2D eigenvalue weighted by Crippen LogP contribution is 2.50. The van der Waals surface area contributed by atoms with Gasteiger partial charge in [-0.3, -0.25) is 0 Å². The van der Waals surface area contributed by atoms with Gasteiger partial charge < -0.3 is 10.5 Å². The van der Waals surface area contributed by atoms with E-state index in [1.807, 2.05) is 0 Å². The summed E-state index contributed by atoms with van der Waals surface area (Å²) in [7, 11) is 0. The van der Waals surface area contributed by atoms with Crippen LogP contribution in [0.3, 0.4) is 0 Å². The molecule has 2 atom stereocenters. The molecule has 0 amide bonds. The lowest BCUT2D eigenvalue weighted by Gasteiger charge is -2.33. The van der Waals surface area contributed by atoms with E-state index in [2.05, 4.69) is 29.3 Å². The van der Waals surface area contributed by atoms with E-state index in [9.17, 15) is 0 Å². The Morgan fingerprint density at radius 3 is 2.22 bits per heavy atom. The van der Waals surface area contributed by atoms with Crippen molar-refractivity contribution in [3.05, 3.63) is 35.4 Å². The number of ether oxygens (including phenoxy) is 1. The molecule has 2 N–H and O–H groups in total. The SMILES string of the molecule is NC1=NCC2(O1)C1CCC2Cc2ccccc2C1. The molecule has 1 saturated carbocycles. The zero-order valence-corrected chi connectivity index (χ0v) is 10.4. The van der Waals surface area contributed by atoms with Crippen molar-refractivity contribution >= 4 is 6.02 Å². The Bertz CT molecular complexity index is 490. The predicted molar refractivity (Wildman–Crippen MR) is 70.4 cm³/mol. The van der Waals surface area contributed by atoms with Crippen LogP contribution >= 0.6 is 0 Å². The van der Waals surface area contributed by atoms with Gasteiger partial charge in [0.1, 0.15) is 5.60 Å². The summed E-state index contributed by atoms with van der Waals surface area (Å²) in [5.74, 6) is 1.16. The van der Waals surface area contributed by atoms with E-state index < -0.39 is 0 Å². The Morgan fingerprint density at radius 2 is 1.72 bits per heavy atom. The van der Waals surface area contributed by atoms with Crippen molar-refractivity contribution in [2.45, 2.75) is 31.3 Å². The summed E-state index contributed by atoms with van der Waals surface area (Å²) in [5, 5.41) is 0. The highest BCUT2D eigenvalue weighted by molar-refractivity contribution is 5.74. The molecule has 1 heterocycles. The minimum atomic E-state index is -0.0941. The van der Waals surface area contributed by atoms with Crippen molar-refractivity contribution in [3.8, 4) is 0 Å².